The molecule has 0 aliphatic carbocycles. The summed E-state index contributed by atoms with van der Waals surface area (Å²) in [6, 6.07) is 5.10. The van der Waals surface area contributed by atoms with Crippen LogP contribution in [0.3, 0.4) is 0 Å². The van der Waals surface area contributed by atoms with Crippen molar-refractivity contribution < 1.29 is 0 Å². The zero-order valence-electron chi connectivity index (χ0n) is 10.4. The molecule has 1 unspecified atom stereocenters. The van der Waals surface area contributed by atoms with Crippen LogP contribution in [0.5, 0.6) is 0 Å². The van der Waals surface area contributed by atoms with Crippen molar-refractivity contribution in [3.8, 4) is 0 Å². The highest BCUT2D eigenvalue weighted by molar-refractivity contribution is 9.11. The molecule has 1 aromatic rings. The Morgan fingerprint density at radius 2 is 2.35 bits per heavy atom. The van der Waals surface area contributed by atoms with Gasteiger partial charge in [0.1, 0.15) is 0 Å². The highest BCUT2D eigenvalue weighted by Gasteiger charge is 2.13. The molecule has 0 spiro atoms. The van der Waals surface area contributed by atoms with Gasteiger partial charge in [-0.25, -0.2) is 0 Å². The summed E-state index contributed by atoms with van der Waals surface area (Å²) in [5.74, 6) is 0. The van der Waals surface area contributed by atoms with E-state index in [0.29, 0.717) is 0 Å². The fraction of sp³-hybridized carbons (Fsp3) is 0.692. The molecule has 1 N–H and O–H groups in total. The number of thiophene rings is 1. The van der Waals surface area contributed by atoms with Gasteiger partial charge in [0.15, 0.2) is 0 Å². The van der Waals surface area contributed by atoms with E-state index in [1.807, 2.05) is 11.3 Å². The summed E-state index contributed by atoms with van der Waals surface area (Å²) in [6.45, 7) is 3.47. The maximum atomic E-state index is 3.61. The van der Waals surface area contributed by atoms with E-state index in [4.69, 9.17) is 0 Å². The Hall–Kier alpha value is 0.1000. The first kappa shape index (κ1) is 13.5. The SMILES string of the molecule is CN(CCC1CCCCN1)Cc1ccc(Br)s1. The number of nitrogens with one attached hydrogen (secondary N) is 1. The summed E-state index contributed by atoms with van der Waals surface area (Å²) in [5, 5.41) is 3.61. The molecular formula is C13H21BrN2S. The Balaban J connectivity index is 1.68. The lowest BCUT2D eigenvalue weighted by Crippen LogP contribution is -2.36. The summed E-state index contributed by atoms with van der Waals surface area (Å²) in [4.78, 5) is 3.87. The van der Waals surface area contributed by atoms with Crippen molar-refractivity contribution in [1.82, 2.24) is 10.2 Å². The first-order valence-electron chi connectivity index (χ1n) is 6.40. The van der Waals surface area contributed by atoms with Gasteiger partial charge in [0.2, 0.25) is 0 Å². The molecule has 4 heteroatoms. The predicted octanol–water partition coefficient (Wildman–Crippen LogP) is 3.47. The molecule has 0 radical (unpaired) electrons. The van der Waals surface area contributed by atoms with Gasteiger partial charge < -0.3 is 10.2 Å². The summed E-state index contributed by atoms with van der Waals surface area (Å²) < 4.78 is 1.23. The van der Waals surface area contributed by atoms with E-state index in [1.54, 1.807) is 0 Å². The average molecular weight is 317 g/mol. The molecule has 1 aliphatic heterocycles. The third kappa shape index (κ3) is 4.70. The van der Waals surface area contributed by atoms with Crippen LogP contribution in [0.1, 0.15) is 30.6 Å². The van der Waals surface area contributed by atoms with Crippen LogP contribution >= 0.6 is 27.3 Å². The summed E-state index contributed by atoms with van der Waals surface area (Å²) >= 11 is 5.35. The third-order valence-electron chi connectivity index (χ3n) is 3.33. The van der Waals surface area contributed by atoms with E-state index >= 15 is 0 Å². The molecule has 0 amide bonds. The van der Waals surface area contributed by atoms with Gasteiger partial charge in [0, 0.05) is 17.5 Å². The maximum Gasteiger partial charge on any atom is 0.0701 e. The molecule has 2 heterocycles. The van der Waals surface area contributed by atoms with Crippen LogP contribution < -0.4 is 5.32 Å². The minimum Gasteiger partial charge on any atom is -0.314 e. The van der Waals surface area contributed by atoms with Crippen molar-refractivity contribution >= 4 is 27.3 Å². The minimum absolute atomic E-state index is 0.751. The predicted molar refractivity (Wildman–Crippen MR) is 78.6 cm³/mol. The number of nitrogens with zero attached hydrogens (tertiary/aromatic N) is 1. The lowest BCUT2D eigenvalue weighted by atomic mass is 10.0. The zero-order valence-corrected chi connectivity index (χ0v) is 12.8. The molecule has 96 valence electrons. The Bertz CT molecular complexity index is 334. The van der Waals surface area contributed by atoms with Crippen LogP contribution in [-0.4, -0.2) is 31.1 Å². The third-order valence-corrected chi connectivity index (χ3v) is 4.93. The second-order valence-corrected chi connectivity index (χ2v) is 7.43. The van der Waals surface area contributed by atoms with Crippen LogP contribution in [-0.2, 0) is 6.54 Å². The average Bonchev–Trinajstić information content (AvgIpc) is 2.73. The van der Waals surface area contributed by atoms with Crippen LogP contribution in [0, 0.1) is 0 Å². The number of rotatable bonds is 5. The Labute approximate surface area is 117 Å². The van der Waals surface area contributed by atoms with Crippen molar-refractivity contribution in [3.05, 3.63) is 20.8 Å². The van der Waals surface area contributed by atoms with Crippen molar-refractivity contribution in [2.24, 2.45) is 0 Å². The fourth-order valence-corrected chi connectivity index (χ4v) is 3.89. The number of hydrogen-bond acceptors (Lipinski definition) is 3. The smallest absolute Gasteiger partial charge is 0.0701 e. The Kier molecular flexibility index (Phi) is 5.48. The number of piperidine rings is 1. The van der Waals surface area contributed by atoms with Crippen LogP contribution in [0.2, 0.25) is 0 Å². The van der Waals surface area contributed by atoms with E-state index in [-0.39, 0.29) is 0 Å². The quantitative estimate of drug-likeness (QED) is 0.894. The van der Waals surface area contributed by atoms with Gasteiger partial charge in [-0.1, -0.05) is 6.42 Å². The van der Waals surface area contributed by atoms with Gasteiger partial charge in [-0.3, -0.25) is 0 Å². The normalized spacial score (nSPS) is 21.0. The van der Waals surface area contributed by atoms with Crippen molar-refractivity contribution in [1.29, 1.82) is 0 Å². The lowest BCUT2D eigenvalue weighted by molar-refractivity contribution is 0.283. The zero-order chi connectivity index (χ0) is 12.1. The minimum atomic E-state index is 0.751. The van der Waals surface area contributed by atoms with Crippen LogP contribution in [0.25, 0.3) is 0 Å². The van der Waals surface area contributed by atoms with Crippen LogP contribution in [0.4, 0.5) is 0 Å². The molecule has 0 bridgehead atoms. The van der Waals surface area contributed by atoms with Crippen molar-refractivity contribution in [2.45, 2.75) is 38.3 Å². The topological polar surface area (TPSA) is 15.3 Å². The largest absolute Gasteiger partial charge is 0.314 e. The second-order valence-electron chi connectivity index (χ2n) is 4.88. The van der Waals surface area contributed by atoms with Gasteiger partial charge in [-0.2, -0.15) is 0 Å². The molecule has 2 rings (SSSR count). The Morgan fingerprint density at radius 3 is 3.00 bits per heavy atom. The van der Waals surface area contributed by atoms with Gasteiger partial charge in [-0.05, 0) is 67.5 Å². The number of hydrogen-bond donors (Lipinski definition) is 1. The van der Waals surface area contributed by atoms with E-state index in [0.717, 1.165) is 12.6 Å². The molecule has 1 fully saturated rings. The van der Waals surface area contributed by atoms with Crippen molar-refractivity contribution in [3.63, 3.8) is 0 Å². The molecule has 17 heavy (non-hydrogen) atoms. The van der Waals surface area contributed by atoms with Crippen molar-refractivity contribution in [2.75, 3.05) is 20.1 Å². The molecule has 1 aliphatic rings. The lowest BCUT2D eigenvalue weighted by Gasteiger charge is -2.25. The molecule has 1 saturated heterocycles. The summed E-state index contributed by atoms with van der Waals surface area (Å²) in [7, 11) is 2.22. The molecule has 2 nitrogen and oxygen atoms in total. The molecular weight excluding hydrogens is 296 g/mol. The van der Waals surface area contributed by atoms with Gasteiger partial charge in [0.25, 0.3) is 0 Å². The molecule has 0 saturated carbocycles. The highest BCUT2D eigenvalue weighted by atomic mass is 79.9. The summed E-state index contributed by atoms with van der Waals surface area (Å²) in [6.07, 6.45) is 5.40. The first-order chi connectivity index (χ1) is 8.24. The molecule has 0 aromatic carbocycles. The van der Waals surface area contributed by atoms with Gasteiger partial charge in [0.05, 0.1) is 3.79 Å². The molecule has 1 atom stereocenters. The summed E-state index contributed by atoms with van der Waals surface area (Å²) in [5.41, 5.74) is 0. The van der Waals surface area contributed by atoms with E-state index in [9.17, 15) is 0 Å². The Morgan fingerprint density at radius 1 is 1.47 bits per heavy atom. The molecule has 1 aromatic heterocycles. The number of halogens is 1. The highest BCUT2D eigenvalue weighted by Crippen LogP contribution is 2.23. The standard InChI is InChI=1S/C13H21BrN2S/c1-16(10-12-5-6-13(14)17-12)9-7-11-4-2-3-8-15-11/h5-6,11,15H,2-4,7-10H2,1H3. The van der Waals surface area contributed by atoms with Gasteiger partial charge in [-0.15, -0.1) is 11.3 Å². The van der Waals surface area contributed by atoms with Crippen LogP contribution in [0.15, 0.2) is 15.9 Å². The van der Waals surface area contributed by atoms with E-state index in [2.05, 4.69) is 45.3 Å². The van der Waals surface area contributed by atoms with E-state index in [1.165, 1.54) is 47.4 Å². The fourth-order valence-electron chi connectivity index (χ4n) is 2.33. The maximum absolute atomic E-state index is 3.61. The monoisotopic (exact) mass is 316 g/mol. The van der Waals surface area contributed by atoms with Gasteiger partial charge >= 0.3 is 0 Å². The first-order valence-corrected chi connectivity index (χ1v) is 8.01. The second kappa shape index (κ2) is 6.88. The van der Waals surface area contributed by atoms with E-state index < -0.39 is 0 Å².